The van der Waals surface area contributed by atoms with E-state index < -0.39 is 0 Å². The van der Waals surface area contributed by atoms with Crippen LogP contribution in [-0.4, -0.2) is 10.2 Å². The van der Waals surface area contributed by atoms with Gasteiger partial charge >= 0.3 is 0 Å². The molecule has 3 N–H and O–H groups in total. The first-order chi connectivity index (χ1) is 6.81. The Hall–Kier alpha value is -2.17. The van der Waals surface area contributed by atoms with Gasteiger partial charge in [-0.25, -0.2) is 0 Å². The van der Waals surface area contributed by atoms with E-state index >= 15 is 0 Å². The zero-order chi connectivity index (χ0) is 9.97. The minimum absolute atomic E-state index is 0.399. The van der Waals surface area contributed by atoms with Crippen molar-refractivity contribution in [2.24, 2.45) is 5.18 Å². The van der Waals surface area contributed by atoms with E-state index in [1.54, 1.807) is 30.5 Å². The molecule has 0 aliphatic rings. The average molecular weight is 188 g/mol. The van der Waals surface area contributed by atoms with Gasteiger partial charge in [0, 0.05) is 5.56 Å². The average Bonchev–Trinajstić information content (AvgIpc) is 2.65. The second kappa shape index (κ2) is 3.29. The van der Waals surface area contributed by atoms with Gasteiger partial charge in [0.15, 0.2) is 0 Å². The summed E-state index contributed by atoms with van der Waals surface area (Å²) in [7, 11) is 0. The van der Waals surface area contributed by atoms with Crippen LogP contribution in [0.1, 0.15) is 0 Å². The normalized spacial score (nSPS) is 10.0. The molecule has 0 atom stereocenters. The number of nitrogens with two attached hydrogens (primary N) is 1. The summed E-state index contributed by atoms with van der Waals surface area (Å²) in [4.78, 5) is 10.2. The summed E-state index contributed by atoms with van der Waals surface area (Å²) in [6.45, 7) is 0. The quantitative estimate of drug-likeness (QED) is 0.707. The third-order valence-corrected chi connectivity index (χ3v) is 1.95. The van der Waals surface area contributed by atoms with Gasteiger partial charge in [-0.05, 0) is 22.9 Å². The lowest BCUT2D eigenvalue weighted by Crippen LogP contribution is -1.86. The van der Waals surface area contributed by atoms with Crippen LogP contribution in [0.5, 0.6) is 0 Å². The second-order valence-electron chi connectivity index (χ2n) is 2.84. The highest BCUT2D eigenvalue weighted by molar-refractivity contribution is 5.73. The topological polar surface area (TPSA) is 84.1 Å². The molecule has 0 aliphatic heterocycles. The molecule has 0 fully saturated rings. The highest BCUT2D eigenvalue weighted by Crippen LogP contribution is 2.25. The molecular formula is C9H8N4O. The Kier molecular flexibility index (Phi) is 1.98. The molecule has 0 saturated carbocycles. The van der Waals surface area contributed by atoms with E-state index in [9.17, 15) is 4.91 Å². The number of anilines is 1. The van der Waals surface area contributed by atoms with Crippen LogP contribution >= 0.6 is 0 Å². The first-order valence-corrected chi connectivity index (χ1v) is 4.04. The Morgan fingerprint density at radius 1 is 1.29 bits per heavy atom. The number of nitroso groups, excluding NO2 is 1. The van der Waals surface area contributed by atoms with Crippen molar-refractivity contribution in [1.29, 1.82) is 0 Å². The van der Waals surface area contributed by atoms with Crippen molar-refractivity contribution in [2.45, 2.75) is 0 Å². The third-order valence-electron chi connectivity index (χ3n) is 1.95. The van der Waals surface area contributed by atoms with Crippen LogP contribution in [0.2, 0.25) is 0 Å². The van der Waals surface area contributed by atoms with Crippen LogP contribution in [0.25, 0.3) is 11.1 Å². The molecule has 0 bridgehead atoms. The highest BCUT2D eigenvalue weighted by Gasteiger charge is 2.03. The Bertz CT molecular complexity index is 446. The number of aromatic nitrogens is 2. The zero-order valence-electron chi connectivity index (χ0n) is 7.27. The van der Waals surface area contributed by atoms with E-state index in [-0.39, 0.29) is 0 Å². The lowest BCUT2D eigenvalue weighted by Gasteiger charge is -1.98. The fraction of sp³-hybridized carbons (Fsp3) is 0. The smallest absolute Gasteiger partial charge is 0.126 e. The van der Waals surface area contributed by atoms with E-state index in [1.165, 1.54) is 0 Å². The number of H-pyrrole nitrogens is 1. The first-order valence-electron chi connectivity index (χ1n) is 4.04. The minimum Gasteiger partial charge on any atom is -0.384 e. The number of hydrogen-bond acceptors (Lipinski definition) is 4. The maximum absolute atomic E-state index is 10.2. The van der Waals surface area contributed by atoms with E-state index in [2.05, 4.69) is 15.4 Å². The van der Waals surface area contributed by atoms with Crippen molar-refractivity contribution in [3.63, 3.8) is 0 Å². The molecule has 2 rings (SSSR count). The van der Waals surface area contributed by atoms with Gasteiger partial charge in [-0.2, -0.15) is 5.10 Å². The van der Waals surface area contributed by atoms with Gasteiger partial charge in [0.1, 0.15) is 11.5 Å². The van der Waals surface area contributed by atoms with Gasteiger partial charge in [-0.1, -0.05) is 12.1 Å². The zero-order valence-corrected chi connectivity index (χ0v) is 7.27. The maximum atomic E-state index is 10.2. The molecule has 5 nitrogen and oxygen atoms in total. The van der Waals surface area contributed by atoms with Crippen LogP contribution < -0.4 is 5.73 Å². The summed E-state index contributed by atoms with van der Waals surface area (Å²) in [6.07, 6.45) is 1.64. The number of aromatic amines is 1. The van der Waals surface area contributed by atoms with Crippen LogP contribution in [0.4, 0.5) is 11.5 Å². The van der Waals surface area contributed by atoms with Crippen LogP contribution in [0.15, 0.2) is 35.6 Å². The predicted molar refractivity (Wildman–Crippen MR) is 53.9 cm³/mol. The Balaban J connectivity index is 2.43. The standard InChI is InChI=1S/C9H8N4O/c10-9-8(5-11-12-9)6-1-3-7(13-14)4-2-6/h1-5H,(H3,10,11,12). The third kappa shape index (κ3) is 1.35. The fourth-order valence-electron chi connectivity index (χ4n) is 1.23. The largest absolute Gasteiger partial charge is 0.384 e. The predicted octanol–water partition coefficient (Wildman–Crippen LogP) is 2.06. The Morgan fingerprint density at radius 3 is 2.50 bits per heavy atom. The monoisotopic (exact) mass is 188 g/mol. The molecule has 70 valence electrons. The number of rotatable bonds is 2. The number of nitrogens with one attached hydrogen (secondary N) is 1. The molecule has 1 heterocycles. The van der Waals surface area contributed by atoms with Gasteiger partial charge in [0.25, 0.3) is 0 Å². The second-order valence-corrected chi connectivity index (χ2v) is 2.84. The van der Waals surface area contributed by atoms with Crippen LogP contribution in [-0.2, 0) is 0 Å². The minimum atomic E-state index is 0.399. The number of benzene rings is 1. The summed E-state index contributed by atoms with van der Waals surface area (Å²) >= 11 is 0. The summed E-state index contributed by atoms with van der Waals surface area (Å²) < 4.78 is 0. The van der Waals surface area contributed by atoms with Gasteiger partial charge in [0.05, 0.1) is 6.20 Å². The molecule has 2 aromatic rings. The molecule has 0 spiro atoms. The van der Waals surface area contributed by atoms with E-state index in [0.717, 1.165) is 11.1 Å². The van der Waals surface area contributed by atoms with E-state index in [0.29, 0.717) is 11.5 Å². The van der Waals surface area contributed by atoms with Gasteiger partial charge in [-0.3, -0.25) is 5.10 Å². The Labute approximate surface area is 79.9 Å². The first kappa shape index (κ1) is 8.43. The lowest BCUT2D eigenvalue weighted by atomic mass is 10.1. The Morgan fingerprint density at radius 2 is 2.00 bits per heavy atom. The van der Waals surface area contributed by atoms with Crippen molar-refractivity contribution < 1.29 is 0 Å². The van der Waals surface area contributed by atoms with Crippen molar-refractivity contribution in [1.82, 2.24) is 10.2 Å². The molecule has 0 aliphatic carbocycles. The summed E-state index contributed by atoms with van der Waals surface area (Å²) in [5, 5.41) is 9.25. The van der Waals surface area contributed by atoms with Gasteiger partial charge < -0.3 is 5.73 Å². The molecule has 14 heavy (non-hydrogen) atoms. The van der Waals surface area contributed by atoms with E-state index in [1.807, 2.05) is 0 Å². The van der Waals surface area contributed by atoms with Crippen molar-refractivity contribution in [3.05, 3.63) is 35.4 Å². The molecule has 0 amide bonds. The van der Waals surface area contributed by atoms with Crippen LogP contribution in [0, 0.1) is 4.91 Å². The molecular weight excluding hydrogens is 180 g/mol. The fourth-order valence-corrected chi connectivity index (χ4v) is 1.23. The SMILES string of the molecule is Nc1[nH]ncc1-c1ccc(N=O)cc1. The molecule has 0 saturated heterocycles. The summed E-state index contributed by atoms with van der Waals surface area (Å²) in [5.74, 6) is 0.511. The number of hydrogen-bond donors (Lipinski definition) is 2. The van der Waals surface area contributed by atoms with Gasteiger partial charge in [-0.15, -0.1) is 4.91 Å². The molecule has 0 unspecified atom stereocenters. The molecule has 5 heteroatoms. The molecule has 1 aromatic carbocycles. The number of nitrogen functional groups attached to an aromatic ring is 1. The van der Waals surface area contributed by atoms with E-state index in [4.69, 9.17) is 5.73 Å². The lowest BCUT2D eigenvalue weighted by molar-refractivity contribution is 1.10. The van der Waals surface area contributed by atoms with Crippen molar-refractivity contribution in [2.75, 3.05) is 5.73 Å². The number of nitrogens with zero attached hydrogens (tertiary/aromatic N) is 2. The van der Waals surface area contributed by atoms with Crippen molar-refractivity contribution >= 4 is 11.5 Å². The maximum Gasteiger partial charge on any atom is 0.126 e. The molecule has 1 aromatic heterocycles. The summed E-state index contributed by atoms with van der Waals surface area (Å²) in [5.41, 5.74) is 7.77. The summed E-state index contributed by atoms with van der Waals surface area (Å²) in [6, 6.07) is 6.82. The highest BCUT2D eigenvalue weighted by atomic mass is 16.3. The van der Waals surface area contributed by atoms with Gasteiger partial charge in [0.2, 0.25) is 0 Å². The van der Waals surface area contributed by atoms with Crippen molar-refractivity contribution in [3.8, 4) is 11.1 Å². The van der Waals surface area contributed by atoms with Crippen LogP contribution in [0.3, 0.4) is 0 Å². The molecule has 0 radical (unpaired) electrons.